The molecule has 90 valence electrons. The van der Waals surface area contributed by atoms with Crippen molar-refractivity contribution in [2.75, 3.05) is 0 Å². The maximum atomic E-state index is 8.79. The third-order valence-corrected chi connectivity index (χ3v) is 2.72. The third kappa shape index (κ3) is 3.59. The fourth-order valence-electron chi connectivity index (χ4n) is 1.64. The summed E-state index contributed by atoms with van der Waals surface area (Å²) in [5, 5.41) is 9.50. The van der Waals surface area contributed by atoms with Crippen LogP contribution in [-0.4, -0.2) is 0 Å². The lowest BCUT2D eigenvalue weighted by Gasteiger charge is -2.05. The first-order chi connectivity index (χ1) is 8.78. The Labute approximate surface area is 111 Å². The van der Waals surface area contributed by atoms with E-state index in [9.17, 15) is 0 Å². The molecule has 0 radical (unpaired) electrons. The van der Waals surface area contributed by atoms with Crippen LogP contribution in [0.4, 0.5) is 0 Å². The molecule has 0 heterocycles. The lowest BCUT2D eigenvalue weighted by molar-refractivity contribution is 0.107. The Kier molecular flexibility index (Phi) is 4.35. The van der Waals surface area contributed by atoms with Crippen LogP contribution < -0.4 is 0 Å². The van der Waals surface area contributed by atoms with Gasteiger partial charge in [-0.2, -0.15) is 5.26 Å². The molecule has 3 heteroatoms. The fraction of sp³-hybridized carbons (Fsp3) is 0.133. The lowest BCUT2D eigenvalue weighted by atomic mass is 10.1. The molecular weight excluding hydrogens is 246 g/mol. The molecule has 0 aliphatic carbocycles. The molecule has 0 amide bonds. The van der Waals surface area contributed by atoms with Crippen molar-refractivity contribution in [3.8, 4) is 6.07 Å². The summed E-state index contributed by atoms with van der Waals surface area (Å²) < 4.78 is 5.59. The van der Waals surface area contributed by atoms with Crippen molar-refractivity contribution in [1.82, 2.24) is 0 Å². The van der Waals surface area contributed by atoms with Crippen molar-refractivity contribution >= 4 is 11.6 Å². The van der Waals surface area contributed by atoms with E-state index < -0.39 is 0 Å². The topological polar surface area (TPSA) is 33.0 Å². The van der Waals surface area contributed by atoms with Crippen molar-refractivity contribution in [2.45, 2.75) is 13.2 Å². The van der Waals surface area contributed by atoms with Crippen LogP contribution in [0.5, 0.6) is 0 Å². The largest absolute Gasteiger partial charge is 0.372 e. The van der Waals surface area contributed by atoms with Crippen LogP contribution in [0.1, 0.15) is 16.7 Å². The first kappa shape index (κ1) is 12.6. The molecule has 0 fully saturated rings. The summed E-state index contributed by atoms with van der Waals surface area (Å²) >= 11 is 5.89. The van der Waals surface area contributed by atoms with Gasteiger partial charge in [0.15, 0.2) is 0 Å². The molecule has 0 spiro atoms. The molecule has 2 aromatic carbocycles. The molecule has 0 saturated heterocycles. The Morgan fingerprint density at radius 2 is 1.67 bits per heavy atom. The zero-order valence-electron chi connectivity index (χ0n) is 9.77. The van der Waals surface area contributed by atoms with Gasteiger partial charge < -0.3 is 4.74 Å². The van der Waals surface area contributed by atoms with Crippen LogP contribution in [0, 0.1) is 11.3 Å². The van der Waals surface area contributed by atoms with Crippen LogP contribution in [0.25, 0.3) is 0 Å². The van der Waals surface area contributed by atoms with Gasteiger partial charge in [-0.05, 0) is 35.4 Å². The quantitative estimate of drug-likeness (QED) is 0.831. The average Bonchev–Trinajstić information content (AvgIpc) is 2.39. The maximum Gasteiger partial charge on any atom is 0.0991 e. The summed E-state index contributed by atoms with van der Waals surface area (Å²) in [4.78, 5) is 0. The van der Waals surface area contributed by atoms with Gasteiger partial charge in [0.25, 0.3) is 0 Å². The minimum atomic E-state index is 0.488. The van der Waals surface area contributed by atoms with E-state index in [0.717, 1.165) is 11.1 Å². The van der Waals surface area contributed by atoms with E-state index >= 15 is 0 Å². The summed E-state index contributed by atoms with van der Waals surface area (Å²) in [6, 6.07) is 17.1. The van der Waals surface area contributed by atoms with Crippen LogP contribution in [0.15, 0.2) is 48.5 Å². The van der Waals surface area contributed by atoms with Gasteiger partial charge in [-0.15, -0.1) is 0 Å². The highest BCUT2D eigenvalue weighted by Gasteiger charge is 1.98. The van der Waals surface area contributed by atoms with E-state index in [0.29, 0.717) is 23.8 Å². The van der Waals surface area contributed by atoms with Gasteiger partial charge in [0.1, 0.15) is 0 Å². The SMILES string of the molecule is N#Cc1cccc(COCc2cccc(Cl)c2)c1. The van der Waals surface area contributed by atoms with Gasteiger partial charge in [-0.3, -0.25) is 0 Å². The molecule has 2 nitrogen and oxygen atoms in total. The summed E-state index contributed by atoms with van der Waals surface area (Å²) in [6.45, 7) is 0.999. The molecule has 0 atom stereocenters. The first-order valence-electron chi connectivity index (χ1n) is 5.59. The number of ether oxygens (including phenoxy) is 1. The van der Waals surface area contributed by atoms with Crippen molar-refractivity contribution in [2.24, 2.45) is 0 Å². The third-order valence-electron chi connectivity index (χ3n) is 2.48. The molecule has 0 saturated carbocycles. The Morgan fingerprint density at radius 1 is 1.00 bits per heavy atom. The second-order valence-corrected chi connectivity index (χ2v) is 4.37. The molecule has 0 bridgehead atoms. The summed E-state index contributed by atoms with van der Waals surface area (Å²) in [6.07, 6.45) is 0. The second kappa shape index (κ2) is 6.20. The predicted molar refractivity (Wildman–Crippen MR) is 71.1 cm³/mol. The molecule has 0 N–H and O–H groups in total. The van der Waals surface area contributed by atoms with Crippen molar-refractivity contribution in [3.05, 3.63) is 70.2 Å². The van der Waals surface area contributed by atoms with E-state index in [2.05, 4.69) is 6.07 Å². The molecule has 0 aliphatic heterocycles. The summed E-state index contributed by atoms with van der Waals surface area (Å²) in [7, 11) is 0. The van der Waals surface area contributed by atoms with E-state index in [1.54, 1.807) is 6.07 Å². The maximum absolute atomic E-state index is 8.79. The molecule has 18 heavy (non-hydrogen) atoms. The highest BCUT2D eigenvalue weighted by atomic mass is 35.5. The van der Waals surface area contributed by atoms with Crippen molar-refractivity contribution in [3.63, 3.8) is 0 Å². The zero-order valence-corrected chi connectivity index (χ0v) is 10.5. The van der Waals surface area contributed by atoms with Crippen molar-refractivity contribution < 1.29 is 4.74 Å². The normalized spacial score (nSPS) is 10.0. The average molecular weight is 258 g/mol. The van der Waals surface area contributed by atoms with E-state index in [1.165, 1.54) is 0 Å². The van der Waals surface area contributed by atoms with Gasteiger partial charge in [0.05, 0.1) is 24.8 Å². The molecule has 2 rings (SSSR count). The number of nitriles is 1. The van der Waals surface area contributed by atoms with Crippen LogP contribution in [-0.2, 0) is 18.0 Å². The number of nitrogens with zero attached hydrogens (tertiary/aromatic N) is 1. The zero-order chi connectivity index (χ0) is 12.8. The van der Waals surface area contributed by atoms with E-state index in [1.807, 2.05) is 42.5 Å². The fourth-order valence-corrected chi connectivity index (χ4v) is 1.86. The standard InChI is InChI=1S/C15H12ClNO/c16-15-6-2-5-14(8-15)11-18-10-13-4-1-3-12(7-13)9-17/h1-8H,10-11H2. The summed E-state index contributed by atoms with van der Waals surface area (Å²) in [5.74, 6) is 0. The number of hydrogen-bond acceptors (Lipinski definition) is 2. The Hall–Kier alpha value is -1.82. The lowest BCUT2D eigenvalue weighted by Crippen LogP contribution is -1.94. The van der Waals surface area contributed by atoms with Gasteiger partial charge in [0, 0.05) is 5.02 Å². The van der Waals surface area contributed by atoms with Gasteiger partial charge in [-0.1, -0.05) is 35.9 Å². The summed E-state index contributed by atoms with van der Waals surface area (Å²) in [5.41, 5.74) is 2.69. The van der Waals surface area contributed by atoms with Gasteiger partial charge >= 0.3 is 0 Å². The second-order valence-electron chi connectivity index (χ2n) is 3.93. The highest BCUT2D eigenvalue weighted by molar-refractivity contribution is 6.30. The smallest absolute Gasteiger partial charge is 0.0991 e. The minimum Gasteiger partial charge on any atom is -0.372 e. The molecule has 2 aromatic rings. The Bertz CT molecular complexity index is 575. The Balaban J connectivity index is 1.90. The number of hydrogen-bond donors (Lipinski definition) is 0. The minimum absolute atomic E-state index is 0.488. The van der Waals surface area contributed by atoms with E-state index in [4.69, 9.17) is 21.6 Å². The van der Waals surface area contributed by atoms with Gasteiger partial charge in [-0.25, -0.2) is 0 Å². The van der Waals surface area contributed by atoms with Crippen LogP contribution in [0.3, 0.4) is 0 Å². The monoisotopic (exact) mass is 257 g/mol. The molecule has 0 unspecified atom stereocenters. The molecular formula is C15H12ClNO. The highest BCUT2D eigenvalue weighted by Crippen LogP contribution is 2.12. The van der Waals surface area contributed by atoms with E-state index in [-0.39, 0.29) is 0 Å². The predicted octanol–water partition coefficient (Wildman–Crippen LogP) is 3.93. The van der Waals surface area contributed by atoms with Crippen LogP contribution in [0.2, 0.25) is 5.02 Å². The molecule has 0 aromatic heterocycles. The van der Waals surface area contributed by atoms with Gasteiger partial charge in [0.2, 0.25) is 0 Å². The van der Waals surface area contributed by atoms with Crippen LogP contribution >= 0.6 is 11.6 Å². The number of benzene rings is 2. The first-order valence-corrected chi connectivity index (χ1v) is 5.97. The number of halogens is 1. The van der Waals surface area contributed by atoms with Crippen molar-refractivity contribution in [1.29, 1.82) is 5.26 Å². The molecule has 0 aliphatic rings. The number of rotatable bonds is 4. The Morgan fingerprint density at radius 3 is 2.33 bits per heavy atom.